The predicted octanol–water partition coefficient (Wildman–Crippen LogP) is 17.8. The number of carbonyl (C=O) groups is 4. The van der Waals surface area contributed by atoms with Crippen LogP contribution in [-0.2, 0) is 74.4 Å². The minimum atomic E-state index is -1.81. The molecule has 6 rings (SSSR count). The Morgan fingerprint density at radius 1 is 0.422 bits per heavy atom. The molecule has 0 spiro atoms. The smallest absolute Gasteiger partial charge is 0.310 e. The molecule has 2 N–H and O–H groups in total. The Hall–Kier alpha value is -5.72. The first kappa shape index (κ1) is 69.8. The van der Waals surface area contributed by atoms with E-state index in [1.807, 2.05) is 84.9 Å². The number of esters is 2. The fraction of sp³-hybridized carbons (Fsp3) is 0.429. The van der Waals surface area contributed by atoms with Crippen molar-refractivity contribution in [1.29, 1.82) is 0 Å². The quantitative estimate of drug-likeness (QED) is 0.0309. The van der Waals surface area contributed by atoms with Gasteiger partial charge >= 0.3 is 23.9 Å². The summed E-state index contributed by atoms with van der Waals surface area (Å²) >= 11 is 2.39. The number of benzene rings is 6. The fourth-order valence-corrected chi connectivity index (χ4v) is 10.6. The zero-order chi connectivity index (χ0) is 62.0. The molecule has 6 aromatic carbocycles. The molecule has 13 heteroatoms. The van der Waals surface area contributed by atoms with Crippen molar-refractivity contribution < 1.29 is 47.7 Å². The average Bonchev–Trinajstić information content (AvgIpc) is 3.41. The van der Waals surface area contributed by atoms with Crippen molar-refractivity contribution in [2.45, 2.75) is 174 Å². The highest BCUT2D eigenvalue weighted by molar-refractivity contribution is 14.1. The summed E-state index contributed by atoms with van der Waals surface area (Å²) in [7, 11) is -3.49. The summed E-state index contributed by atoms with van der Waals surface area (Å²) < 4.78 is 24.6. The zero-order valence-corrected chi connectivity index (χ0v) is 56.4. The van der Waals surface area contributed by atoms with Crippen LogP contribution < -0.4 is 0 Å². The van der Waals surface area contributed by atoms with Gasteiger partial charge in [0.25, 0.3) is 0 Å². The van der Waals surface area contributed by atoms with Gasteiger partial charge in [-0.25, -0.2) is 0 Å². The Bertz CT molecular complexity index is 2950. The van der Waals surface area contributed by atoms with E-state index >= 15 is 0 Å². The molecule has 0 aliphatic carbocycles. The number of carbonyl (C=O) groups excluding carboxylic acids is 2. The Morgan fingerprint density at radius 3 is 1.07 bits per heavy atom. The van der Waals surface area contributed by atoms with E-state index in [2.05, 4.69) is 163 Å². The van der Waals surface area contributed by atoms with Crippen LogP contribution in [-0.4, -0.2) is 61.9 Å². The third-order valence-electron chi connectivity index (χ3n) is 15.2. The van der Waals surface area contributed by atoms with Crippen molar-refractivity contribution in [2.75, 3.05) is 0 Å². The largest absolute Gasteiger partial charge is 0.481 e. The number of halogens is 1. The molecule has 10 nitrogen and oxygen atoms in total. The molecule has 0 unspecified atom stereocenters. The highest BCUT2D eigenvalue weighted by Gasteiger charge is 2.39. The number of alkyl halides is 1. The zero-order valence-electron chi connectivity index (χ0n) is 52.2. The van der Waals surface area contributed by atoms with Gasteiger partial charge in [0.05, 0.1) is 37.4 Å². The number of ether oxygens (including phenoxy) is 2. The van der Waals surface area contributed by atoms with Gasteiger partial charge in [-0.2, -0.15) is 0 Å². The molecule has 0 aliphatic rings. The van der Waals surface area contributed by atoms with Crippen LogP contribution in [0.25, 0.3) is 22.3 Å². The van der Waals surface area contributed by atoms with Gasteiger partial charge < -0.3 is 28.5 Å². The molecule has 0 radical (unpaired) electrons. The Balaban J connectivity index is 0.000000296. The normalized spacial score (nSPS) is 13.2. The minimum Gasteiger partial charge on any atom is -0.481 e. The van der Waals surface area contributed by atoms with Crippen LogP contribution in [0.1, 0.15) is 123 Å². The second kappa shape index (κ2) is 30.9. The molecular formula is C70H93IO10Si2. The summed E-state index contributed by atoms with van der Waals surface area (Å²) in [6.07, 6.45) is 0.753. The maximum Gasteiger partial charge on any atom is 0.310 e. The molecule has 0 saturated heterocycles. The molecule has 448 valence electrons. The van der Waals surface area contributed by atoms with Gasteiger partial charge in [0.1, 0.15) is 11.2 Å². The lowest BCUT2D eigenvalue weighted by Gasteiger charge is -2.36. The molecule has 83 heavy (non-hydrogen) atoms. The van der Waals surface area contributed by atoms with Gasteiger partial charge in [-0.15, -0.1) is 0 Å². The van der Waals surface area contributed by atoms with Crippen molar-refractivity contribution in [3.8, 4) is 22.3 Å². The summed E-state index contributed by atoms with van der Waals surface area (Å²) in [4.78, 5) is 48.6. The fourth-order valence-electron chi connectivity index (χ4n) is 8.19. The topological polar surface area (TPSA) is 146 Å². The first-order valence-corrected chi connectivity index (χ1v) is 36.1. The van der Waals surface area contributed by atoms with E-state index in [4.69, 9.17) is 18.3 Å². The summed E-state index contributed by atoms with van der Waals surface area (Å²) in [5, 5.41) is 19.8. The maximum absolute atomic E-state index is 13.3. The van der Waals surface area contributed by atoms with E-state index in [1.165, 1.54) is 22.3 Å². The van der Waals surface area contributed by atoms with E-state index < -0.39 is 69.5 Å². The van der Waals surface area contributed by atoms with Crippen LogP contribution in [0.2, 0.25) is 36.3 Å². The Kier molecular flexibility index (Phi) is 26.0. The van der Waals surface area contributed by atoms with Gasteiger partial charge in [-0.3, -0.25) is 19.2 Å². The third-order valence-corrected chi connectivity index (χ3v) is 25.1. The monoisotopic (exact) mass is 1280 g/mol. The van der Waals surface area contributed by atoms with Crippen molar-refractivity contribution in [3.63, 3.8) is 0 Å². The van der Waals surface area contributed by atoms with Gasteiger partial charge in [-0.1, -0.05) is 222 Å². The summed E-state index contributed by atoms with van der Waals surface area (Å²) in [5.41, 5.74) is 9.82. The number of hydrogen-bond donors (Lipinski definition) is 2. The van der Waals surface area contributed by atoms with Gasteiger partial charge in [0.15, 0.2) is 16.6 Å². The molecule has 0 aromatic heterocycles. The van der Waals surface area contributed by atoms with E-state index in [-0.39, 0.29) is 29.3 Å². The SMILES string of the molecule is CC(C)(C)OC(=O)C[C@H](Cc1ccccc1)C(=O)O.CC(C)(C)OC(=O)[C@@H](Cc1ccc(-c2ccc(CO[Si](C)(C)C(C)(C)C)cc2)cc1)[C@H](Cc1ccccc1)C(=O)O.CC(C)(C)[Si](C)(C)OCc1ccc(-c2ccc(CI)cc2)cc1. The van der Waals surface area contributed by atoms with Gasteiger partial charge in [0.2, 0.25) is 0 Å². The lowest BCUT2D eigenvalue weighted by molar-refractivity contribution is -0.166. The molecule has 0 aliphatic heterocycles. The number of hydrogen-bond acceptors (Lipinski definition) is 8. The lowest BCUT2D eigenvalue weighted by Crippen LogP contribution is -2.40. The van der Waals surface area contributed by atoms with E-state index in [0.717, 1.165) is 37.8 Å². The highest BCUT2D eigenvalue weighted by atomic mass is 127. The molecular weight excluding hydrogens is 1180 g/mol. The van der Waals surface area contributed by atoms with Crippen molar-refractivity contribution in [3.05, 3.63) is 191 Å². The molecule has 3 atom stereocenters. The molecule has 0 bridgehead atoms. The predicted molar refractivity (Wildman–Crippen MR) is 351 cm³/mol. The molecule has 6 aromatic rings. The minimum absolute atomic E-state index is 0.110. The van der Waals surface area contributed by atoms with E-state index in [1.54, 1.807) is 41.5 Å². The van der Waals surface area contributed by atoms with Crippen LogP contribution in [0.15, 0.2) is 158 Å². The number of carboxylic acids is 2. The second-order valence-electron chi connectivity index (χ2n) is 26.5. The molecule has 0 amide bonds. The van der Waals surface area contributed by atoms with Gasteiger partial charge in [0, 0.05) is 4.43 Å². The Morgan fingerprint density at radius 2 is 0.747 bits per heavy atom. The van der Waals surface area contributed by atoms with Crippen LogP contribution >= 0.6 is 22.6 Å². The van der Waals surface area contributed by atoms with Crippen LogP contribution in [0.5, 0.6) is 0 Å². The molecule has 0 saturated carbocycles. The van der Waals surface area contributed by atoms with Gasteiger partial charge in [-0.05, 0) is 153 Å². The van der Waals surface area contributed by atoms with Crippen molar-refractivity contribution in [1.82, 2.24) is 0 Å². The van der Waals surface area contributed by atoms with Crippen molar-refractivity contribution >= 4 is 63.1 Å². The standard InChI is InChI=1S/C35H46O5Si.C20H27IOSi.C15H20O4/c1-34(2,3)40-33(38)31(30(32(36)37)22-25-12-10-9-11-13-25)23-26-14-18-28(19-15-26)29-20-16-27(17-21-29)24-39-41(7,8)35(4,5)6;1-20(2,3)23(4,5)22-15-17-8-12-19(13-9-17)18-10-6-16(14-21)7-11-18;1-15(2,3)19-13(16)10-12(14(17)18)9-11-7-5-4-6-8-11/h9-21,30-31H,22-24H2,1-8H3,(H,36,37);6-13H,14-15H2,1-5H3;4-8,12H,9-10H2,1-3H3,(H,17,18)/t30-,31-;;12-/m0.0/s1. The molecule has 0 heterocycles. The molecule has 0 fully saturated rings. The number of rotatable bonds is 21. The second-order valence-corrected chi connectivity index (χ2v) is 36.9. The first-order valence-electron chi connectivity index (χ1n) is 28.7. The van der Waals surface area contributed by atoms with Crippen LogP contribution in [0, 0.1) is 17.8 Å². The average molecular weight is 1280 g/mol. The van der Waals surface area contributed by atoms with Crippen LogP contribution in [0.3, 0.4) is 0 Å². The summed E-state index contributed by atoms with van der Waals surface area (Å²) in [5.74, 6) is -5.42. The highest BCUT2D eigenvalue weighted by Crippen LogP contribution is 2.38. The lowest BCUT2D eigenvalue weighted by atomic mass is 9.82. The van der Waals surface area contributed by atoms with E-state index in [0.29, 0.717) is 19.6 Å². The third kappa shape index (κ3) is 24.1. The summed E-state index contributed by atoms with van der Waals surface area (Å²) in [6, 6.07) is 52.7. The Labute approximate surface area is 512 Å². The van der Waals surface area contributed by atoms with Crippen molar-refractivity contribution in [2.24, 2.45) is 17.8 Å². The van der Waals surface area contributed by atoms with Crippen LogP contribution in [0.4, 0.5) is 0 Å². The van der Waals surface area contributed by atoms with E-state index in [9.17, 15) is 29.4 Å². The number of carboxylic acid groups (broad SMARTS) is 2. The first-order chi connectivity index (χ1) is 38.6. The number of aliphatic carboxylic acids is 2. The summed E-state index contributed by atoms with van der Waals surface area (Å²) in [6.45, 7) is 34.7. The maximum atomic E-state index is 13.3.